The first-order valence-corrected chi connectivity index (χ1v) is 9.45. The van der Waals surface area contributed by atoms with Crippen molar-refractivity contribution in [2.45, 2.75) is 12.5 Å². The van der Waals surface area contributed by atoms with E-state index in [0.717, 1.165) is 31.9 Å². The number of nitrogens with one attached hydrogen (secondary N) is 1. The lowest BCUT2D eigenvalue weighted by atomic mass is 10.0. The summed E-state index contributed by atoms with van der Waals surface area (Å²) in [6, 6.07) is 19.7. The number of nitrogen functional groups attached to an aromatic ring is 1. The van der Waals surface area contributed by atoms with E-state index < -0.39 is 0 Å². The predicted molar refractivity (Wildman–Crippen MR) is 110 cm³/mol. The van der Waals surface area contributed by atoms with E-state index in [1.807, 2.05) is 18.2 Å². The molecule has 6 nitrogen and oxygen atoms in total. The quantitative estimate of drug-likeness (QED) is 0.668. The van der Waals surface area contributed by atoms with Gasteiger partial charge >= 0.3 is 0 Å². The van der Waals surface area contributed by atoms with Crippen molar-refractivity contribution < 1.29 is 4.79 Å². The molecule has 0 saturated carbocycles. The minimum absolute atomic E-state index is 0.205. The van der Waals surface area contributed by atoms with Crippen LogP contribution in [-0.2, 0) is 6.42 Å². The fourth-order valence-electron chi connectivity index (χ4n) is 3.54. The first-order chi connectivity index (χ1) is 13.7. The van der Waals surface area contributed by atoms with Crippen LogP contribution >= 0.6 is 0 Å². The van der Waals surface area contributed by atoms with Crippen molar-refractivity contribution in [1.29, 1.82) is 0 Å². The van der Waals surface area contributed by atoms with Gasteiger partial charge in [-0.1, -0.05) is 36.4 Å². The second kappa shape index (κ2) is 8.19. The van der Waals surface area contributed by atoms with Gasteiger partial charge in [-0.3, -0.25) is 4.79 Å². The van der Waals surface area contributed by atoms with Crippen molar-refractivity contribution >= 4 is 17.4 Å². The van der Waals surface area contributed by atoms with Gasteiger partial charge in [0.15, 0.2) is 0 Å². The third kappa shape index (κ3) is 4.02. The molecule has 142 valence electrons. The number of nitrogens with two attached hydrogens (primary N) is 1. The molecule has 2 aromatic heterocycles. The predicted octanol–water partition coefficient (Wildman–Crippen LogP) is 2.31. The van der Waals surface area contributed by atoms with E-state index in [4.69, 9.17) is 5.73 Å². The number of carbonyl (C=O) groups excluding carboxylic acids is 1. The smallest absolute Gasteiger partial charge is 0.215 e. The highest BCUT2D eigenvalue weighted by atomic mass is 16.1. The molecule has 28 heavy (non-hydrogen) atoms. The van der Waals surface area contributed by atoms with Crippen LogP contribution in [0, 0.1) is 0 Å². The van der Waals surface area contributed by atoms with E-state index in [2.05, 4.69) is 44.5 Å². The van der Waals surface area contributed by atoms with Gasteiger partial charge in [0.25, 0.3) is 0 Å². The van der Waals surface area contributed by atoms with Crippen LogP contribution in [-0.4, -0.2) is 41.4 Å². The number of pyridine rings is 2. The summed E-state index contributed by atoms with van der Waals surface area (Å²) >= 11 is 0. The van der Waals surface area contributed by atoms with Crippen LogP contribution in [0.3, 0.4) is 0 Å². The molecule has 1 saturated heterocycles. The van der Waals surface area contributed by atoms with Crippen LogP contribution in [0.2, 0.25) is 0 Å². The molecule has 4 rings (SSSR count). The first kappa shape index (κ1) is 18.1. The zero-order valence-electron chi connectivity index (χ0n) is 15.6. The van der Waals surface area contributed by atoms with E-state index in [-0.39, 0.29) is 11.6 Å². The summed E-state index contributed by atoms with van der Waals surface area (Å²) in [5.74, 6) is 0.834. The monoisotopic (exact) mass is 373 g/mol. The Labute approximate surface area is 164 Å². The molecule has 1 aliphatic heterocycles. The highest BCUT2D eigenvalue weighted by molar-refractivity contribution is 6.10. The van der Waals surface area contributed by atoms with Crippen LogP contribution < -0.4 is 16.0 Å². The van der Waals surface area contributed by atoms with Crippen LogP contribution in [0.25, 0.3) is 0 Å². The maximum atomic E-state index is 12.8. The van der Waals surface area contributed by atoms with Gasteiger partial charge in [-0.25, -0.2) is 9.97 Å². The molecule has 0 spiro atoms. The number of aromatic nitrogens is 2. The molecular formula is C22H23N5O. The highest BCUT2D eigenvalue weighted by Gasteiger charge is 2.22. The average Bonchev–Trinajstić information content (AvgIpc) is 2.75. The lowest BCUT2D eigenvalue weighted by molar-refractivity contribution is 0.103. The second-order valence-electron chi connectivity index (χ2n) is 6.93. The van der Waals surface area contributed by atoms with Crippen molar-refractivity contribution in [3.8, 4) is 0 Å². The van der Waals surface area contributed by atoms with Gasteiger partial charge in [0.05, 0.1) is 5.56 Å². The summed E-state index contributed by atoms with van der Waals surface area (Å²) in [6.45, 7) is 2.58. The number of piperazine rings is 1. The molecule has 3 heterocycles. The Bertz CT molecular complexity index is 960. The van der Waals surface area contributed by atoms with Crippen molar-refractivity contribution in [2.75, 3.05) is 30.3 Å². The van der Waals surface area contributed by atoms with Crippen molar-refractivity contribution in [3.63, 3.8) is 0 Å². The average molecular weight is 373 g/mol. The maximum Gasteiger partial charge on any atom is 0.215 e. The highest BCUT2D eigenvalue weighted by Crippen LogP contribution is 2.18. The number of ketones is 1. The Hall–Kier alpha value is -3.25. The molecule has 0 amide bonds. The molecule has 1 aromatic carbocycles. The summed E-state index contributed by atoms with van der Waals surface area (Å²) in [7, 11) is 0. The topological polar surface area (TPSA) is 84.1 Å². The Morgan fingerprint density at radius 1 is 1.11 bits per heavy atom. The Morgan fingerprint density at radius 2 is 1.96 bits per heavy atom. The van der Waals surface area contributed by atoms with Crippen molar-refractivity contribution in [3.05, 3.63) is 83.7 Å². The number of benzene rings is 1. The number of carbonyl (C=O) groups is 1. The molecule has 3 aromatic rings. The van der Waals surface area contributed by atoms with Gasteiger partial charge in [-0.05, 0) is 36.2 Å². The van der Waals surface area contributed by atoms with E-state index in [9.17, 15) is 4.79 Å². The zero-order valence-corrected chi connectivity index (χ0v) is 15.6. The zero-order chi connectivity index (χ0) is 19.3. The molecule has 1 atom stereocenters. The van der Waals surface area contributed by atoms with Gasteiger partial charge in [0, 0.05) is 31.9 Å². The van der Waals surface area contributed by atoms with Gasteiger partial charge in [-0.2, -0.15) is 0 Å². The van der Waals surface area contributed by atoms with E-state index in [0.29, 0.717) is 17.3 Å². The van der Waals surface area contributed by atoms with E-state index in [1.165, 1.54) is 5.56 Å². The molecule has 1 unspecified atom stereocenters. The fourth-order valence-corrected chi connectivity index (χ4v) is 3.54. The van der Waals surface area contributed by atoms with Crippen molar-refractivity contribution in [2.24, 2.45) is 0 Å². The minimum Gasteiger partial charge on any atom is -0.383 e. The van der Waals surface area contributed by atoms with Crippen LogP contribution in [0.1, 0.15) is 21.6 Å². The molecule has 1 fully saturated rings. The second-order valence-corrected chi connectivity index (χ2v) is 6.93. The maximum absolute atomic E-state index is 12.8. The summed E-state index contributed by atoms with van der Waals surface area (Å²) in [4.78, 5) is 23.6. The van der Waals surface area contributed by atoms with E-state index in [1.54, 1.807) is 24.4 Å². The van der Waals surface area contributed by atoms with Crippen LogP contribution in [0.5, 0.6) is 0 Å². The number of hydrogen-bond donors (Lipinski definition) is 2. The number of nitrogens with zero attached hydrogens (tertiary/aromatic N) is 3. The number of hydrogen-bond acceptors (Lipinski definition) is 6. The lowest BCUT2D eigenvalue weighted by Gasteiger charge is -2.34. The Morgan fingerprint density at radius 3 is 2.79 bits per heavy atom. The normalized spacial score (nSPS) is 16.7. The van der Waals surface area contributed by atoms with Gasteiger partial charge in [0.1, 0.15) is 17.3 Å². The molecular weight excluding hydrogens is 350 g/mol. The third-order valence-corrected chi connectivity index (χ3v) is 4.95. The Balaban J connectivity index is 1.51. The van der Waals surface area contributed by atoms with Gasteiger partial charge in [-0.15, -0.1) is 0 Å². The van der Waals surface area contributed by atoms with Crippen LogP contribution in [0.15, 0.2) is 66.9 Å². The summed E-state index contributed by atoms with van der Waals surface area (Å²) in [5.41, 5.74) is 7.93. The summed E-state index contributed by atoms with van der Waals surface area (Å²) in [5, 5.41) is 3.58. The summed E-state index contributed by atoms with van der Waals surface area (Å²) < 4.78 is 0. The van der Waals surface area contributed by atoms with E-state index >= 15 is 0 Å². The van der Waals surface area contributed by atoms with Gasteiger partial charge in [0.2, 0.25) is 5.78 Å². The molecule has 0 aliphatic carbocycles. The van der Waals surface area contributed by atoms with Crippen molar-refractivity contribution in [1.82, 2.24) is 15.3 Å². The first-order valence-electron chi connectivity index (χ1n) is 9.45. The number of rotatable bonds is 5. The number of anilines is 2. The fraction of sp³-hybridized carbons (Fsp3) is 0.227. The third-order valence-electron chi connectivity index (χ3n) is 4.95. The molecule has 1 aliphatic rings. The van der Waals surface area contributed by atoms with Crippen LogP contribution in [0.4, 0.5) is 11.6 Å². The Kier molecular flexibility index (Phi) is 5.30. The molecule has 0 radical (unpaired) electrons. The molecule has 6 heteroatoms. The SMILES string of the molecule is Nc1ncccc1C(=O)c1cccc(N2CCNC(Cc3ccccc3)C2)n1. The molecule has 3 N–H and O–H groups in total. The molecule has 0 bridgehead atoms. The minimum atomic E-state index is -0.205. The van der Waals surface area contributed by atoms with Gasteiger partial charge < -0.3 is 16.0 Å². The summed E-state index contributed by atoms with van der Waals surface area (Å²) in [6.07, 6.45) is 2.53. The standard InChI is InChI=1S/C22H23N5O/c23-22-18(8-5-11-25-22)21(28)19-9-4-10-20(26-19)27-13-12-24-17(15-27)14-16-6-2-1-3-7-16/h1-11,17,24H,12-15H2,(H2,23,25). The largest absolute Gasteiger partial charge is 0.383 e. The lowest BCUT2D eigenvalue weighted by Crippen LogP contribution is -2.52.